The van der Waals surface area contributed by atoms with E-state index in [0.717, 1.165) is 55.9 Å². The molecule has 0 radical (unpaired) electrons. The molecule has 2 saturated heterocycles. The van der Waals surface area contributed by atoms with Crippen molar-refractivity contribution in [3.63, 3.8) is 0 Å². The van der Waals surface area contributed by atoms with Crippen molar-refractivity contribution in [3.8, 4) is 0 Å². The first-order valence-electron chi connectivity index (χ1n) is 14.0. The molecule has 0 N–H and O–H groups in total. The summed E-state index contributed by atoms with van der Waals surface area (Å²) in [6.07, 6.45) is 7.32. The Labute approximate surface area is 221 Å². The van der Waals surface area contributed by atoms with Crippen molar-refractivity contribution in [2.75, 3.05) is 26.2 Å². The fourth-order valence-corrected chi connectivity index (χ4v) is 7.23. The van der Waals surface area contributed by atoms with E-state index in [2.05, 4.69) is 34.2 Å². The summed E-state index contributed by atoms with van der Waals surface area (Å²) in [5.74, 6) is 0.723. The largest absolute Gasteiger partial charge is 0.356 e. The number of fused-ring (bicyclic) bond motifs is 1. The summed E-state index contributed by atoms with van der Waals surface area (Å²) >= 11 is 0. The second-order valence-corrected chi connectivity index (χ2v) is 11.8. The van der Waals surface area contributed by atoms with E-state index < -0.39 is 23.8 Å². The van der Waals surface area contributed by atoms with Crippen molar-refractivity contribution in [2.45, 2.75) is 70.9 Å². The van der Waals surface area contributed by atoms with Crippen LogP contribution in [-0.2, 0) is 24.6 Å². The Kier molecular flexibility index (Phi) is 6.84. The molecule has 1 unspecified atom stereocenters. The van der Waals surface area contributed by atoms with Gasteiger partial charge >= 0.3 is 0 Å². The Morgan fingerprint density at radius 3 is 2.68 bits per heavy atom. The first-order valence-corrected chi connectivity index (χ1v) is 14.0. The molecule has 3 fully saturated rings. The SMILES string of the molecule is Cc1c(CC2CC3(C2)CN(CCCc2cnn(C4CCCCO4)c(=O)c2C(F)F)C3)ccc2cnn(C)c12. The zero-order valence-corrected chi connectivity index (χ0v) is 22.3. The van der Waals surface area contributed by atoms with Gasteiger partial charge in [-0.1, -0.05) is 12.1 Å². The van der Waals surface area contributed by atoms with Gasteiger partial charge in [-0.25, -0.2) is 13.5 Å². The summed E-state index contributed by atoms with van der Waals surface area (Å²) in [5.41, 5.74) is 3.70. The van der Waals surface area contributed by atoms with Crippen molar-refractivity contribution in [1.82, 2.24) is 24.5 Å². The summed E-state index contributed by atoms with van der Waals surface area (Å²) in [4.78, 5) is 15.2. The number of ether oxygens (including phenoxy) is 1. The zero-order chi connectivity index (χ0) is 26.4. The Balaban J connectivity index is 0.992. The quantitative estimate of drug-likeness (QED) is 0.416. The minimum Gasteiger partial charge on any atom is -0.356 e. The minimum atomic E-state index is -2.81. The fraction of sp³-hybridized carbons (Fsp3) is 0.621. The van der Waals surface area contributed by atoms with Crippen molar-refractivity contribution in [1.29, 1.82) is 0 Å². The highest BCUT2D eigenvalue weighted by molar-refractivity contribution is 5.82. The van der Waals surface area contributed by atoms with Crippen LogP contribution in [0.2, 0.25) is 0 Å². The first kappa shape index (κ1) is 25.6. The van der Waals surface area contributed by atoms with Crippen molar-refractivity contribution >= 4 is 10.9 Å². The predicted octanol–water partition coefficient (Wildman–Crippen LogP) is 4.96. The molecule has 1 aliphatic carbocycles. The van der Waals surface area contributed by atoms with Crippen LogP contribution in [0, 0.1) is 18.3 Å². The molecule has 1 spiro atoms. The van der Waals surface area contributed by atoms with E-state index >= 15 is 0 Å². The van der Waals surface area contributed by atoms with Crippen molar-refractivity contribution < 1.29 is 13.5 Å². The van der Waals surface area contributed by atoms with Gasteiger partial charge in [0, 0.05) is 32.1 Å². The lowest BCUT2D eigenvalue weighted by Gasteiger charge is -2.59. The highest BCUT2D eigenvalue weighted by atomic mass is 19.3. The maximum atomic E-state index is 13.9. The van der Waals surface area contributed by atoms with Crippen molar-refractivity contribution in [3.05, 3.63) is 57.1 Å². The summed E-state index contributed by atoms with van der Waals surface area (Å²) < 4.78 is 36.4. The van der Waals surface area contributed by atoms with Crippen LogP contribution < -0.4 is 5.56 Å². The molecule has 6 rings (SSSR count). The first-order chi connectivity index (χ1) is 18.3. The topological polar surface area (TPSA) is 65.2 Å². The number of aromatic nitrogens is 4. The molecule has 204 valence electrons. The van der Waals surface area contributed by atoms with Gasteiger partial charge in [0.15, 0.2) is 6.23 Å². The van der Waals surface area contributed by atoms with Gasteiger partial charge in [0.05, 0.1) is 23.5 Å². The molecule has 9 heteroatoms. The van der Waals surface area contributed by atoms with Gasteiger partial charge in [-0.2, -0.15) is 10.2 Å². The molecule has 2 aromatic heterocycles. The Hall–Kier alpha value is -2.65. The van der Waals surface area contributed by atoms with Crippen LogP contribution >= 0.6 is 0 Å². The molecule has 38 heavy (non-hydrogen) atoms. The van der Waals surface area contributed by atoms with Crippen molar-refractivity contribution in [2.24, 2.45) is 18.4 Å². The molecular weight excluding hydrogens is 488 g/mol. The summed E-state index contributed by atoms with van der Waals surface area (Å²) in [6.45, 7) is 5.77. The number of hydrogen-bond donors (Lipinski definition) is 0. The van der Waals surface area contributed by atoms with Crippen LogP contribution in [0.15, 0.2) is 29.3 Å². The molecule has 2 aliphatic heterocycles. The number of alkyl halides is 2. The second-order valence-electron chi connectivity index (χ2n) is 11.8. The van der Waals surface area contributed by atoms with Gasteiger partial charge in [0.25, 0.3) is 12.0 Å². The van der Waals surface area contributed by atoms with Crippen LogP contribution in [0.25, 0.3) is 10.9 Å². The molecule has 4 heterocycles. The lowest BCUT2D eigenvalue weighted by atomic mass is 9.56. The molecule has 7 nitrogen and oxygen atoms in total. The minimum absolute atomic E-state index is 0.372. The molecule has 3 aromatic rings. The Bertz CT molecular complexity index is 1360. The van der Waals surface area contributed by atoms with E-state index in [-0.39, 0.29) is 0 Å². The third kappa shape index (κ3) is 4.68. The number of aryl methyl sites for hydroxylation is 3. The van der Waals surface area contributed by atoms with Gasteiger partial charge in [-0.15, -0.1) is 0 Å². The van der Waals surface area contributed by atoms with E-state index in [1.807, 2.05) is 17.9 Å². The fourth-order valence-electron chi connectivity index (χ4n) is 7.23. The maximum Gasteiger partial charge on any atom is 0.278 e. The lowest BCUT2D eigenvalue weighted by Crippen LogP contribution is -2.62. The van der Waals surface area contributed by atoms with Crippen LogP contribution in [0.5, 0.6) is 0 Å². The second kappa shape index (κ2) is 10.2. The van der Waals surface area contributed by atoms with E-state index in [0.29, 0.717) is 30.4 Å². The normalized spacial score (nSPS) is 21.8. The van der Waals surface area contributed by atoms with Gasteiger partial charge in [0.2, 0.25) is 0 Å². The van der Waals surface area contributed by atoms with Crippen LogP contribution in [0.4, 0.5) is 8.78 Å². The summed E-state index contributed by atoms with van der Waals surface area (Å²) in [6, 6.07) is 4.45. The molecule has 0 bridgehead atoms. The number of likely N-dealkylation sites (tertiary alicyclic amines) is 1. The van der Waals surface area contributed by atoms with Crippen LogP contribution in [-0.4, -0.2) is 50.7 Å². The van der Waals surface area contributed by atoms with E-state index in [9.17, 15) is 13.6 Å². The van der Waals surface area contributed by atoms with E-state index in [1.54, 1.807) is 0 Å². The molecule has 1 saturated carbocycles. The maximum absolute atomic E-state index is 13.9. The number of halogens is 2. The third-order valence-electron chi connectivity index (χ3n) is 9.03. The average Bonchev–Trinajstić information content (AvgIpc) is 3.24. The Morgan fingerprint density at radius 1 is 1.13 bits per heavy atom. The number of rotatable bonds is 8. The molecule has 3 aliphatic rings. The predicted molar refractivity (Wildman–Crippen MR) is 141 cm³/mol. The van der Waals surface area contributed by atoms with Crippen LogP contribution in [0.1, 0.15) is 73.4 Å². The van der Waals surface area contributed by atoms with Gasteiger partial charge in [-0.05, 0) is 92.9 Å². The third-order valence-corrected chi connectivity index (χ3v) is 9.03. The molecule has 1 aromatic carbocycles. The smallest absolute Gasteiger partial charge is 0.278 e. The molecule has 0 amide bonds. The highest BCUT2D eigenvalue weighted by Crippen LogP contribution is 2.53. The molecular formula is C29H37F2N5O2. The summed E-state index contributed by atoms with van der Waals surface area (Å²) in [7, 11) is 2.01. The van der Waals surface area contributed by atoms with E-state index in [1.165, 1.54) is 41.1 Å². The number of nitrogens with zero attached hydrogens (tertiary/aromatic N) is 5. The molecule has 1 atom stereocenters. The lowest BCUT2D eigenvalue weighted by molar-refractivity contribution is -0.0937. The summed E-state index contributed by atoms with van der Waals surface area (Å²) in [5, 5.41) is 9.81. The number of benzene rings is 1. The monoisotopic (exact) mass is 525 g/mol. The van der Waals surface area contributed by atoms with Gasteiger partial charge in [-0.3, -0.25) is 9.48 Å². The number of hydrogen-bond acceptors (Lipinski definition) is 5. The van der Waals surface area contributed by atoms with Crippen LogP contribution in [0.3, 0.4) is 0 Å². The zero-order valence-electron chi connectivity index (χ0n) is 22.3. The Morgan fingerprint density at radius 2 is 1.95 bits per heavy atom. The van der Waals surface area contributed by atoms with E-state index in [4.69, 9.17) is 4.74 Å². The average molecular weight is 526 g/mol. The van der Waals surface area contributed by atoms with Gasteiger partial charge < -0.3 is 9.64 Å². The standard InChI is InChI=1S/C29H37F2N5O2/c1-19-21(8-9-23-16-32-34(2)26(19)23)12-20-13-29(14-20)17-35(18-29)10-5-6-22-15-33-36(24-7-3-4-11-38-24)28(37)25(22)27(30)31/h8-9,15-16,20,24,27H,3-7,10-14,17-18H2,1-2H3. The van der Waals surface area contributed by atoms with Gasteiger partial charge in [0.1, 0.15) is 0 Å². The highest BCUT2D eigenvalue weighted by Gasteiger charge is 2.51.